The lowest BCUT2D eigenvalue weighted by Gasteiger charge is -2.09. The van der Waals surface area contributed by atoms with Gasteiger partial charge in [-0.05, 0) is 30.5 Å². The van der Waals surface area contributed by atoms with Crippen LogP contribution in [0.3, 0.4) is 0 Å². The molecule has 4 rings (SSSR count). The highest BCUT2D eigenvalue weighted by Crippen LogP contribution is 2.27. The molecule has 0 unspecified atom stereocenters. The molecule has 1 amide bonds. The van der Waals surface area contributed by atoms with E-state index < -0.39 is 28.7 Å². The number of benzene rings is 1. The molecule has 0 spiro atoms. The quantitative estimate of drug-likeness (QED) is 0.535. The van der Waals surface area contributed by atoms with Crippen LogP contribution in [0.25, 0.3) is 16.5 Å². The standard InChI is InChI=1S/C19H13F2N5O2S/c1-10-8-16(27)24-19(22-10)26-15(9-13(25-26)14-6-3-7-29-14)23-18(28)17-11(20)4-2-5-12(17)21/h2-9H,1H3,(H,23,28)(H,22,24,27). The molecule has 2 N–H and O–H groups in total. The number of aromatic amines is 1. The van der Waals surface area contributed by atoms with E-state index in [4.69, 9.17) is 0 Å². The number of thiophene rings is 1. The van der Waals surface area contributed by atoms with Crippen molar-refractivity contribution in [3.63, 3.8) is 0 Å². The molecule has 7 nitrogen and oxygen atoms in total. The molecular formula is C19H13F2N5O2S. The van der Waals surface area contributed by atoms with Crippen molar-refractivity contribution < 1.29 is 13.6 Å². The maximum atomic E-state index is 14.0. The molecule has 1 aromatic carbocycles. The topological polar surface area (TPSA) is 92.7 Å². The minimum Gasteiger partial charge on any atom is -0.306 e. The number of nitrogens with zero attached hydrogens (tertiary/aromatic N) is 3. The minimum atomic E-state index is -0.992. The van der Waals surface area contributed by atoms with Crippen molar-refractivity contribution in [3.8, 4) is 16.5 Å². The van der Waals surface area contributed by atoms with Gasteiger partial charge in [-0.25, -0.2) is 13.8 Å². The third kappa shape index (κ3) is 3.69. The predicted octanol–water partition coefficient (Wildman–Crippen LogP) is 3.52. The van der Waals surface area contributed by atoms with Crippen molar-refractivity contribution >= 4 is 23.1 Å². The molecule has 0 saturated carbocycles. The van der Waals surface area contributed by atoms with E-state index in [0.717, 1.165) is 17.0 Å². The van der Waals surface area contributed by atoms with E-state index in [1.165, 1.54) is 34.2 Å². The molecule has 0 saturated heterocycles. The summed E-state index contributed by atoms with van der Waals surface area (Å²) in [5, 5.41) is 8.70. The fourth-order valence-corrected chi connectivity index (χ4v) is 3.41. The number of hydrogen-bond donors (Lipinski definition) is 2. The number of carbonyl (C=O) groups excluding carboxylic acids is 1. The maximum Gasteiger partial charge on any atom is 0.262 e. The highest BCUT2D eigenvalue weighted by atomic mass is 32.1. The average molecular weight is 413 g/mol. The van der Waals surface area contributed by atoms with E-state index in [1.54, 1.807) is 6.92 Å². The van der Waals surface area contributed by atoms with Crippen LogP contribution in [-0.2, 0) is 0 Å². The zero-order valence-electron chi connectivity index (χ0n) is 14.9. The predicted molar refractivity (Wildman–Crippen MR) is 104 cm³/mol. The first-order valence-corrected chi connectivity index (χ1v) is 9.28. The molecular weight excluding hydrogens is 400 g/mol. The van der Waals surface area contributed by atoms with E-state index >= 15 is 0 Å². The van der Waals surface area contributed by atoms with Crippen LogP contribution in [0.4, 0.5) is 14.6 Å². The lowest BCUT2D eigenvalue weighted by molar-refractivity contribution is 0.101. The number of amides is 1. The van der Waals surface area contributed by atoms with E-state index in [9.17, 15) is 18.4 Å². The summed E-state index contributed by atoms with van der Waals surface area (Å²) in [4.78, 5) is 31.9. The van der Waals surface area contributed by atoms with Gasteiger partial charge in [0.2, 0.25) is 5.95 Å². The number of carbonyl (C=O) groups is 1. The van der Waals surface area contributed by atoms with E-state index in [1.807, 2.05) is 17.5 Å². The summed E-state index contributed by atoms with van der Waals surface area (Å²) in [7, 11) is 0. The van der Waals surface area contributed by atoms with Crippen LogP contribution in [-0.4, -0.2) is 25.7 Å². The summed E-state index contributed by atoms with van der Waals surface area (Å²) >= 11 is 1.42. The summed E-state index contributed by atoms with van der Waals surface area (Å²) in [6.45, 7) is 1.63. The third-order valence-corrected chi connectivity index (χ3v) is 4.86. The van der Waals surface area contributed by atoms with Crippen molar-refractivity contribution in [3.05, 3.63) is 81.1 Å². The Morgan fingerprint density at radius 3 is 2.59 bits per heavy atom. The fourth-order valence-electron chi connectivity index (χ4n) is 2.73. The lowest BCUT2D eigenvalue weighted by atomic mass is 10.2. The average Bonchev–Trinajstić information content (AvgIpc) is 3.30. The highest BCUT2D eigenvalue weighted by Gasteiger charge is 2.21. The van der Waals surface area contributed by atoms with Crippen LogP contribution in [0.15, 0.2) is 52.6 Å². The molecule has 0 atom stereocenters. The van der Waals surface area contributed by atoms with E-state index in [-0.39, 0.29) is 11.8 Å². The largest absolute Gasteiger partial charge is 0.306 e. The number of aryl methyl sites for hydroxylation is 1. The summed E-state index contributed by atoms with van der Waals surface area (Å²) in [6.07, 6.45) is 0. The number of rotatable bonds is 4. The van der Waals surface area contributed by atoms with Crippen molar-refractivity contribution in [1.29, 1.82) is 0 Å². The number of anilines is 1. The Morgan fingerprint density at radius 2 is 1.93 bits per heavy atom. The summed E-state index contributed by atoms with van der Waals surface area (Å²) in [5.74, 6) is -2.82. The normalized spacial score (nSPS) is 10.9. The molecule has 10 heteroatoms. The van der Waals surface area contributed by atoms with Crippen LogP contribution in [0.5, 0.6) is 0 Å². The molecule has 3 heterocycles. The molecule has 4 aromatic rings. The molecule has 0 radical (unpaired) electrons. The first-order valence-electron chi connectivity index (χ1n) is 8.40. The van der Waals surface area contributed by atoms with E-state index in [0.29, 0.717) is 11.4 Å². The number of nitrogens with one attached hydrogen (secondary N) is 2. The second-order valence-corrected chi connectivity index (χ2v) is 7.01. The molecule has 29 heavy (non-hydrogen) atoms. The Bertz CT molecular complexity index is 1240. The summed E-state index contributed by atoms with van der Waals surface area (Å²) < 4.78 is 29.2. The number of halogens is 2. The van der Waals surface area contributed by atoms with Crippen LogP contribution >= 0.6 is 11.3 Å². The van der Waals surface area contributed by atoms with Crippen molar-refractivity contribution in [2.24, 2.45) is 0 Å². The smallest absolute Gasteiger partial charge is 0.262 e. The second kappa shape index (κ2) is 7.40. The van der Waals surface area contributed by atoms with Gasteiger partial charge in [0, 0.05) is 17.8 Å². The van der Waals surface area contributed by atoms with Gasteiger partial charge in [-0.3, -0.25) is 14.6 Å². The van der Waals surface area contributed by atoms with Gasteiger partial charge in [-0.1, -0.05) is 12.1 Å². The molecule has 0 fully saturated rings. The summed E-state index contributed by atoms with van der Waals surface area (Å²) in [5.41, 5.74) is -0.190. The highest BCUT2D eigenvalue weighted by molar-refractivity contribution is 7.13. The zero-order valence-corrected chi connectivity index (χ0v) is 15.8. The lowest BCUT2D eigenvalue weighted by Crippen LogP contribution is -2.20. The Morgan fingerprint density at radius 1 is 1.17 bits per heavy atom. The van der Waals surface area contributed by atoms with Gasteiger partial charge in [0.15, 0.2) is 0 Å². The van der Waals surface area contributed by atoms with Gasteiger partial charge in [0.1, 0.15) is 28.7 Å². The number of hydrogen-bond acceptors (Lipinski definition) is 5. The second-order valence-electron chi connectivity index (χ2n) is 6.07. The first-order chi connectivity index (χ1) is 13.9. The Kier molecular flexibility index (Phi) is 4.77. The maximum absolute atomic E-state index is 14.0. The minimum absolute atomic E-state index is 0.0575. The van der Waals surface area contributed by atoms with Gasteiger partial charge in [-0.2, -0.15) is 9.78 Å². The molecule has 0 aliphatic heterocycles. The zero-order chi connectivity index (χ0) is 20.5. The van der Waals surface area contributed by atoms with Crippen molar-refractivity contribution in [1.82, 2.24) is 19.7 Å². The third-order valence-electron chi connectivity index (χ3n) is 3.97. The molecule has 0 bridgehead atoms. The Balaban J connectivity index is 1.81. The molecule has 0 aliphatic rings. The van der Waals surface area contributed by atoms with Gasteiger partial charge in [-0.15, -0.1) is 11.3 Å². The first kappa shape index (κ1) is 18.7. The van der Waals surface area contributed by atoms with Gasteiger partial charge < -0.3 is 5.32 Å². The van der Waals surface area contributed by atoms with Crippen LogP contribution in [0, 0.1) is 18.6 Å². The van der Waals surface area contributed by atoms with Crippen molar-refractivity contribution in [2.75, 3.05) is 5.32 Å². The van der Waals surface area contributed by atoms with Crippen LogP contribution < -0.4 is 10.9 Å². The molecule has 0 aliphatic carbocycles. The number of H-pyrrole nitrogens is 1. The fraction of sp³-hybridized carbons (Fsp3) is 0.0526. The van der Waals surface area contributed by atoms with Crippen LogP contribution in [0.2, 0.25) is 0 Å². The Hall–Kier alpha value is -3.66. The molecule has 146 valence electrons. The van der Waals surface area contributed by atoms with Crippen LogP contribution in [0.1, 0.15) is 16.1 Å². The van der Waals surface area contributed by atoms with Gasteiger partial charge in [0.05, 0.1) is 4.88 Å². The Labute approximate surface area is 166 Å². The number of aromatic nitrogens is 4. The van der Waals surface area contributed by atoms with E-state index in [2.05, 4.69) is 20.4 Å². The van der Waals surface area contributed by atoms with Crippen molar-refractivity contribution in [2.45, 2.75) is 6.92 Å². The van der Waals surface area contributed by atoms with Gasteiger partial charge in [0.25, 0.3) is 11.5 Å². The molecule has 3 aromatic heterocycles. The summed E-state index contributed by atoms with van der Waals surface area (Å²) in [6, 6.07) is 9.65. The monoisotopic (exact) mass is 413 g/mol. The van der Waals surface area contributed by atoms with Gasteiger partial charge >= 0.3 is 0 Å². The SMILES string of the molecule is Cc1cc(=O)[nH]c(-n2nc(-c3cccs3)cc2NC(=O)c2c(F)cccc2F)n1.